The molecule has 2 aromatic rings. The largest absolute Gasteiger partial charge is 0.364 e. The fourth-order valence-corrected chi connectivity index (χ4v) is 2.90. The van der Waals surface area contributed by atoms with Gasteiger partial charge in [-0.2, -0.15) is 0 Å². The Morgan fingerprint density at radius 3 is 3.09 bits per heavy atom. The number of nitrogens with two attached hydrogens (primary N) is 1. The van der Waals surface area contributed by atoms with Crippen LogP contribution in [0.3, 0.4) is 0 Å². The molecule has 3 rings (SSSR count). The molecule has 1 fully saturated rings. The minimum Gasteiger partial charge on any atom is -0.364 e. The van der Waals surface area contributed by atoms with Gasteiger partial charge >= 0.3 is 0 Å². The Kier molecular flexibility index (Phi) is 4.93. The van der Waals surface area contributed by atoms with Gasteiger partial charge in [-0.05, 0) is 37.5 Å². The number of hydrogen-bond acceptors (Lipinski definition) is 4. The first kappa shape index (κ1) is 16.0. The van der Waals surface area contributed by atoms with Crippen LogP contribution in [-0.4, -0.2) is 34.6 Å². The second kappa shape index (κ2) is 7.10. The van der Waals surface area contributed by atoms with E-state index < -0.39 is 6.10 Å². The highest BCUT2D eigenvalue weighted by Gasteiger charge is 2.29. The van der Waals surface area contributed by atoms with Crippen LogP contribution >= 0.6 is 0 Å². The lowest BCUT2D eigenvalue weighted by Gasteiger charge is -2.12. The first-order valence-electron chi connectivity index (χ1n) is 8.34. The van der Waals surface area contributed by atoms with E-state index in [0.29, 0.717) is 6.54 Å². The number of benzene rings is 1. The molecule has 1 aromatic heterocycles. The van der Waals surface area contributed by atoms with Gasteiger partial charge in [0, 0.05) is 18.7 Å². The molecule has 1 saturated heterocycles. The van der Waals surface area contributed by atoms with Gasteiger partial charge in [-0.25, -0.2) is 4.98 Å². The van der Waals surface area contributed by atoms with Crippen molar-refractivity contribution in [2.24, 2.45) is 5.73 Å². The van der Waals surface area contributed by atoms with Gasteiger partial charge in [0.15, 0.2) is 0 Å². The van der Waals surface area contributed by atoms with Crippen LogP contribution in [0.15, 0.2) is 18.2 Å². The number of anilines is 1. The molecular weight excluding hydrogens is 292 g/mol. The summed E-state index contributed by atoms with van der Waals surface area (Å²) in [6.07, 6.45) is 4.37. The minimum atomic E-state index is -0.402. The summed E-state index contributed by atoms with van der Waals surface area (Å²) >= 11 is 0. The molecule has 1 amide bonds. The molecule has 0 aliphatic carbocycles. The van der Waals surface area contributed by atoms with E-state index in [1.165, 1.54) is 0 Å². The summed E-state index contributed by atoms with van der Waals surface area (Å²) in [5, 5.41) is 2.92. The van der Waals surface area contributed by atoms with Gasteiger partial charge < -0.3 is 20.8 Å². The first-order valence-corrected chi connectivity index (χ1v) is 8.34. The predicted molar refractivity (Wildman–Crippen MR) is 90.3 cm³/mol. The number of carbonyl (C=O) groups is 1. The maximum Gasteiger partial charge on any atom is 0.253 e. The van der Waals surface area contributed by atoms with E-state index in [1.807, 2.05) is 18.2 Å². The van der Waals surface area contributed by atoms with Crippen molar-refractivity contribution in [1.82, 2.24) is 9.97 Å². The molecule has 1 aliphatic rings. The summed E-state index contributed by atoms with van der Waals surface area (Å²) in [4.78, 5) is 20.1. The third-order valence-electron chi connectivity index (χ3n) is 4.23. The van der Waals surface area contributed by atoms with Crippen molar-refractivity contribution in [3.05, 3.63) is 24.0 Å². The van der Waals surface area contributed by atoms with Crippen LogP contribution in [0.1, 0.15) is 38.4 Å². The molecule has 1 aliphatic heterocycles. The third kappa shape index (κ3) is 3.71. The molecule has 4 N–H and O–H groups in total. The number of fused-ring (bicyclic) bond motifs is 1. The minimum absolute atomic E-state index is 0.00182. The van der Waals surface area contributed by atoms with Gasteiger partial charge in [-0.15, -0.1) is 0 Å². The number of H-pyrrole nitrogens is 1. The number of hydrogen-bond donors (Lipinski definition) is 3. The Bertz CT molecular complexity index is 682. The molecule has 23 heavy (non-hydrogen) atoms. The second-order valence-electron chi connectivity index (χ2n) is 6.07. The molecule has 0 saturated carbocycles. The lowest BCUT2D eigenvalue weighted by atomic mass is 10.2. The summed E-state index contributed by atoms with van der Waals surface area (Å²) < 4.78 is 5.62. The van der Waals surface area contributed by atoms with Gasteiger partial charge in [0.25, 0.3) is 5.91 Å². The molecule has 0 spiro atoms. The molecule has 2 atom stereocenters. The molecular formula is C17H24N4O2. The van der Waals surface area contributed by atoms with E-state index in [-0.39, 0.29) is 12.0 Å². The van der Waals surface area contributed by atoms with Crippen LogP contribution in [-0.2, 0) is 16.0 Å². The van der Waals surface area contributed by atoms with E-state index in [1.54, 1.807) is 0 Å². The smallest absolute Gasteiger partial charge is 0.253 e. The number of aromatic amines is 1. The van der Waals surface area contributed by atoms with E-state index >= 15 is 0 Å². The van der Waals surface area contributed by atoms with Gasteiger partial charge in [0.05, 0.1) is 17.1 Å². The van der Waals surface area contributed by atoms with E-state index in [0.717, 1.165) is 54.6 Å². The summed E-state index contributed by atoms with van der Waals surface area (Å²) in [7, 11) is 0. The van der Waals surface area contributed by atoms with Gasteiger partial charge in [0.1, 0.15) is 11.9 Å². The summed E-state index contributed by atoms with van der Waals surface area (Å²) in [5.74, 6) is 0.890. The van der Waals surface area contributed by atoms with Crippen molar-refractivity contribution < 1.29 is 9.53 Å². The zero-order valence-corrected chi connectivity index (χ0v) is 13.5. The van der Waals surface area contributed by atoms with Crippen molar-refractivity contribution in [1.29, 1.82) is 0 Å². The van der Waals surface area contributed by atoms with E-state index in [2.05, 4.69) is 22.2 Å². The maximum atomic E-state index is 12.3. The molecule has 2 heterocycles. The molecule has 6 heteroatoms. The third-order valence-corrected chi connectivity index (χ3v) is 4.23. The number of aryl methyl sites for hydroxylation is 1. The zero-order valence-electron chi connectivity index (χ0n) is 13.5. The van der Waals surface area contributed by atoms with E-state index in [4.69, 9.17) is 10.5 Å². The predicted octanol–water partition coefficient (Wildman–Crippen LogP) is 2.35. The quantitative estimate of drug-likeness (QED) is 0.762. The number of nitrogens with zero attached hydrogens (tertiary/aromatic N) is 1. The van der Waals surface area contributed by atoms with Crippen LogP contribution in [0.25, 0.3) is 11.0 Å². The van der Waals surface area contributed by atoms with Crippen LogP contribution in [0.2, 0.25) is 0 Å². The number of ether oxygens (including phenoxy) is 1. The number of imidazole rings is 1. The fourth-order valence-electron chi connectivity index (χ4n) is 2.90. The van der Waals surface area contributed by atoms with Gasteiger partial charge in [0.2, 0.25) is 0 Å². The monoisotopic (exact) mass is 316 g/mol. The summed E-state index contributed by atoms with van der Waals surface area (Å²) in [6.45, 7) is 2.63. The Morgan fingerprint density at radius 1 is 1.48 bits per heavy atom. The lowest BCUT2D eigenvalue weighted by molar-refractivity contribution is -0.126. The Hall–Kier alpha value is -1.92. The van der Waals surface area contributed by atoms with Crippen LogP contribution < -0.4 is 11.1 Å². The molecule has 0 bridgehead atoms. The van der Waals surface area contributed by atoms with Crippen LogP contribution in [0, 0.1) is 0 Å². The Morgan fingerprint density at radius 2 is 2.35 bits per heavy atom. The van der Waals surface area contributed by atoms with Crippen LogP contribution in [0.5, 0.6) is 0 Å². The van der Waals surface area contributed by atoms with Gasteiger partial charge in [-0.3, -0.25) is 4.79 Å². The Balaban J connectivity index is 1.67. The molecule has 6 nitrogen and oxygen atoms in total. The SMILES string of the molecule is CCCCc1nc2ccc(NC(=O)[C@@H]3CC[C@H](CN)O3)cc2[nH]1. The highest BCUT2D eigenvalue weighted by atomic mass is 16.5. The van der Waals surface area contributed by atoms with Crippen molar-refractivity contribution in [3.63, 3.8) is 0 Å². The number of amides is 1. The van der Waals surface area contributed by atoms with Crippen molar-refractivity contribution >= 4 is 22.6 Å². The molecule has 124 valence electrons. The Labute approximate surface area is 135 Å². The average Bonchev–Trinajstić information content (AvgIpc) is 3.18. The number of carbonyl (C=O) groups excluding carboxylic acids is 1. The van der Waals surface area contributed by atoms with Crippen LogP contribution in [0.4, 0.5) is 5.69 Å². The number of nitrogens with one attached hydrogen (secondary N) is 2. The maximum absolute atomic E-state index is 12.3. The summed E-state index contributed by atoms with van der Waals surface area (Å²) in [5.41, 5.74) is 8.21. The number of rotatable bonds is 6. The van der Waals surface area contributed by atoms with Crippen molar-refractivity contribution in [3.8, 4) is 0 Å². The topological polar surface area (TPSA) is 93.0 Å². The normalized spacial score (nSPS) is 21.0. The first-order chi connectivity index (χ1) is 11.2. The molecule has 0 unspecified atom stereocenters. The highest BCUT2D eigenvalue weighted by Crippen LogP contribution is 2.22. The zero-order chi connectivity index (χ0) is 16.2. The van der Waals surface area contributed by atoms with E-state index in [9.17, 15) is 4.79 Å². The number of aromatic nitrogens is 2. The highest BCUT2D eigenvalue weighted by molar-refractivity contribution is 5.96. The lowest BCUT2D eigenvalue weighted by Crippen LogP contribution is -2.29. The summed E-state index contributed by atoms with van der Waals surface area (Å²) in [6, 6.07) is 5.72. The molecule has 0 radical (unpaired) electrons. The van der Waals surface area contributed by atoms with Gasteiger partial charge in [-0.1, -0.05) is 13.3 Å². The second-order valence-corrected chi connectivity index (χ2v) is 6.07. The fraction of sp³-hybridized carbons (Fsp3) is 0.529. The molecule has 1 aromatic carbocycles. The van der Waals surface area contributed by atoms with Crippen molar-refractivity contribution in [2.45, 2.75) is 51.2 Å². The average molecular weight is 316 g/mol. The van der Waals surface area contributed by atoms with Crippen molar-refractivity contribution in [2.75, 3.05) is 11.9 Å². The standard InChI is InChI=1S/C17H24N4O2/c1-2-3-4-16-20-13-7-5-11(9-14(13)21-16)19-17(22)15-8-6-12(10-18)23-15/h5,7,9,12,15H,2-4,6,8,10,18H2,1H3,(H,19,22)(H,20,21)/t12-,15+/m1/s1. The number of unbranched alkanes of at least 4 members (excludes halogenated alkanes) is 1.